The number of benzene rings is 2. The van der Waals surface area contributed by atoms with Crippen LogP contribution in [0.5, 0.6) is 11.5 Å². The number of hydrogen-bond acceptors (Lipinski definition) is 4. The molecule has 0 spiro atoms. The number of ketones is 1. The van der Waals surface area contributed by atoms with Gasteiger partial charge in [-0.15, -0.1) is 0 Å². The molecule has 158 valence electrons. The Morgan fingerprint density at radius 1 is 1.03 bits per heavy atom. The van der Waals surface area contributed by atoms with Crippen LogP contribution in [0.3, 0.4) is 0 Å². The highest BCUT2D eigenvalue weighted by Gasteiger charge is 2.27. The number of carbonyl (C=O) groups excluding carboxylic acids is 1. The van der Waals surface area contributed by atoms with Crippen LogP contribution in [0.1, 0.15) is 47.2 Å². The molecular formula is C26H31NO3. The highest BCUT2D eigenvalue weighted by molar-refractivity contribution is 6.13. The Morgan fingerprint density at radius 2 is 1.73 bits per heavy atom. The number of likely N-dealkylation sites (tertiary alicyclic amines) is 1. The first kappa shape index (κ1) is 20.7. The SMILES string of the molecule is COc1cc2c(cc1OC)C(=O)C(=CCCC1CCN(Cc3ccccc3)CC1)C2. The van der Waals surface area contributed by atoms with E-state index in [-0.39, 0.29) is 5.78 Å². The van der Waals surface area contributed by atoms with E-state index in [1.54, 1.807) is 14.2 Å². The zero-order valence-electron chi connectivity index (χ0n) is 18.0. The standard InChI is InChI=1S/C26H31NO3/c1-29-24-16-22-15-21(26(28)23(22)17-25(24)30-2)10-6-9-19-11-13-27(14-12-19)18-20-7-4-3-5-8-20/h3-5,7-8,10,16-17,19H,6,9,11-15,18H2,1-2H3. The summed E-state index contributed by atoms with van der Waals surface area (Å²) in [5.41, 5.74) is 4.11. The van der Waals surface area contributed by atoms with Crippen molar-refractivity contribution in [2.45, 2.75) is 38.6 Å². The highest BCUT2D eigenvalue weighted by Crippen LogP contribution is 2.36. The summed E-state index contributed by atoms with van der Waals surface area (Å²) in [6.07, 6.45) is 7.50. The predicted octanol–water partition coefficient (Wildman–Crippen LogP) is 5.06. The molecule has 4 heteroatoms. The van der Waals surface area contributed by atoms with Crippen molar-refractivity contribution in [2.24, 2.45) is 5.92 Å². The Labute approximate surface area is 179 Å². The van der Waals surface area contributed by atoms with E-state index in [9.17, 15) is 4.79 Å². The van der Waals surface area contributed by atoms with Gasteiger partial charge in [0, 0.05) is 24.1 Å². The van der Waals surface area contributed by atoms with Crippen molar-refractivity contribution in [1.29, 1.82) is 0 Å². The topological polar surface area (TPSA) is 38.8 Å². The lowest BCUT2D eigenvalue weighted by atomic mass is 9.91. The number of fused-ring (bicyclic) bond motifs is 1. The molecule has 30 heavy (non-hydrogen) atoms. The molecule has 0 aromatic heterocycles. The van der Waals surface area contributed by atoms with Gasteiger partial charge in [-0.05, 0) is 68.0 Å². The minimum absolute atomic E-state index is 0.142. The molecule has 1 saturated heterocycles. The van der Waals surface area contributed by atoms with Gasteiger partial charge in [-0.2, -0.15) is 0 Å². The van der Waals surface area contributed by atoms with E-state index in [0.29, 0.717) is 17.9 Å². The maximum Gasteiger partial charge on any atom is 0.189 e. The first-order chi connectivity index (χ1) is 14.7. The highest BCUT2D eigenvalue weighted by atomic mass is 16.5. The predicted molar refractivity (Wildman–Crippen MR) is 119 cm³/mol. The number of methoxy groups -OCH3 is 2. The Morgan fingerprint density at radius 3 is 2.43 bits per heavy atom. The lowest BCUT2D eigenvalue weighted by molar-refractivity contribution is 0.103. The minimum atomic E-state index is 0.142. The quantitative estimate of drug-likeness (QED) is 0.604. The fourth-order valence-electron chi connectivity index (χ4n) is 4.67. The maximum absolute atomic E-state index is 12.8. The van der Waals surface area contributed by atoms with Gasteiger partial charge in [-0.1, -0.05) is 36.4 Å². The Kier molecular flexibility index (Phi) is 6.53. The first-order valence-electron chi connectivity index (χ1n) is 10.9. The molecule has 0 atom stereocenters. The maximum atomic E-state index is 12.8. The van der Waals surface area contributed by atoms with Gasteiger partial charge in [0.05, 0.1) is 14.2 Å². The summed E-state index contributed by atoms with van der Waals surface area (Å²) in [4.78, 5) is 15.3. The zero-order chi connectivity index (χ0) is 20.9. The fourth-order valence-corrected chi connectivity index (χ4v) is 4.67. The van der Waals surface area contributed by atoms with Gasteiger partial charge >= 0.3 is 0 Å². The second-order valence-electron chi connectivity index (χ2n) is 8.38. The van der Waals surface area contributed by atoms with Crippen molar-refractivity contribution in [3.63, 3.8) is 0 Å². The van der Waals surface area contributed by atoms with Gasteiger partial charge in [-0.3, -0.25) is 9.69 Å². The largest absolute Gasteiger partial charge is 0.493 e. The molecule has 2 aromatic rings. The van der Waals surface area contributed by atoms with Crippen LogP contribution >= 0.6 is 0 Å². The summed E-state index contributed by atoms with van der Waals surface area (Å²) in [7, 11) is 3.23. The van der Waals surface area contributed by atoms with Crippen LogP contribution in [-0.2, 0) is 13.0 Å². The number of piperidine rings is 1. The third-order valence-corrected chi connectivity index (χ3v) is 6.45. The van der Waals surface area contributed by atoms with E-state index in [0.717, 1.165) is 35.6 Å². The van der Waals surface area contributed by atoms with Crippen molar-refractivity contribution in [1.82, 2.24) is 4.90 Å². The number of rotatable bonds is 7. The molecule has 0 radical (unpaired) electrons. The summed E-state index contributed by atoms with van der Waals surface area (Å²) in [6.45, 7) is 3.39. The van der Waals surface area contributed by atoms with Gasteiger partial charge in [0.25, 0.3) is 0 Å². The molecule has 1 aliphatic carbocycles. The lowest BCUT2D eigenvalue weighted by Gasteiger charge is -2.31. The summed E-state index contributed by atoms with van der Waals surface area (Å²) >= 11 is 0. The van der Waals surface area contributed by atoms with Crippen LogP contribution in [0.4, 0.5) is 0 Å². The third kappa shape index (κ3) is 4.59. The summed E-state index contributed by atoms with van der Waals surface area (Å²) < 4.78 is 10.7. The van der Waals surface area contributed by atoms with Crippen molar-refractivity contribution < 1.29 is 14.3 Å². The molecule has 0 saturated carbocycles. The third-order valence-electron chi connectivity index (χ3n) is 6.45. The van der Waals surface area contributed by atoms with Crippen LogP contribution in [0.25, 0.3) is 0 Å². The van der Waals surface area contributed by atoms with E-state index >= 15 is 0 Å². The number of allylic oxidation sites excluding steroid dienone is 2. The van der Waals surface area contributed by atoms with Gasteiger partial charge in [0.15, 0.2) is 17.3 Å². The normalized spacial score (nSPS) is 18.6. The Bertz CT molecular complexity index is 911. The van der Waals surface area contributed by atoms with Gasteiger partial charge < -0.3 is 9.47 Å². The smallest absolute Gasteiger partial charge is 0.189 e. The second-order valence-corrected chi connectivity index (χ2v) is 8.38. The molecule has 1 heterocycles. The van der Waals surface area contributed by atoms with E-state index in [4.69, 9.17) is 9.47 Å². The van der Waals surface area contributed by atoms with Gasteiger partial charge in [0.2, 0.25) is 0 Å². The van der Waals surface area contributed by atoms with E-state index in [2.05, 4.69) is 41.3 Å². The van der Waals surface area contributed by atoms with Gasteiger partial charge in [0.1, 0.15) is 0 Å². The van der Waals surface area contributed by atoms with Crippen LogP contribution in [0.2, 0.25) is 0 Å². The molecule has 4 nitrogen and oxygen atoms in total. The van der Waals surface area contributed by atoms with Crippen molar-refractivity contribution in [3.8, 4) is 11.5 Å². The van der Waals surface area contributed by atoms with Crippen LogP contribution < -0.4 is 9.47 Å². The Balaban J connectivity index is 1.28. The molecular weight excluding hydrogens is 374 g/mol. The molecule has 1 aliphatic heterocycles. The molecule has 0 unspecified atom stereocenters. The van der Waals surface area contributed by atoms with Crippen LogP contribution in [-0.4, -0.2) is 38.0 Å². The second kappa shape index (κ2) is 9.48. The first-order valence-corrected chi connectivity index (χ1v) is 10.9. The average Bonchev–Trinajstić information content (AvgIpc) is 3.09. The molecule has 1 fully saturated rings. The van der Waals surface area contributed by atoms with E-state index < -0.39 is 0 Å². The summed E-state index contributed by atoms with van der Waals surface area (Å²) in [5.74, 6) is 2.21. The number of hydrogen-bond donors (Lipinski definition) is 0. The van der Waals surface area contributed by atoms with Crippen molar-refractivity contribution in [3.05, 3.63) is 70.8 Å². The lowest BCUT2D eigenvalue weighted by Crippen LogP contribution is -2.33. The molecule has 0 amide bonds. The number of ether oxygens (including phenoxy) is 2. The number of carbonyl (C=O) groups is 1. The molecule has 0 N–H and O–H groups in total. The minimum Gasteiger partial charge on any atom is -0.493 e. The van der Waals surface area contributed by atoms with Crippen molar-refractivity contribution in [2.75, 3.05) is 27.3 Å². The fraction of sp³-hybridized carbons (Fsp3) is 0.423. The van der Waals surface area contributed by atoms with E-state index in [1.165, 1.54) is 37.9 Å². The summed E-state index contributed by atoms with van der Waals surface area (Å²) in [5, 5.41) is 0. The number of nitrogens with zero attached hydrogens (tertiary/aromatic N) is 1. The molecule has 0 bridgehead atoms. The Hall–Kier alpha value is -2.59. The monoisotopic (exact) mass is 405 g/mol. The number of Topliss-reactive ketones (excluding diaryl/α,β-unsaturated/α-hetero) is 1. The van der Waals surface area contributed by atoms with E-state index in [1.807, 2.05) is 12.1 Å². The summed E-state index contributed by atoms with van der Waals surface area (Å²) in [6, 6.07) is 14.5. The average molecular weight is 406 g/mol. The van der Waals surface area contributed by atoms with Crippen LogP contribution in [0, 0.1) is 5.92 Å². The van der Waals surface area contributed by atoms with Crippen molar-refractivity contribution >= 4 is 5.78 Å². The molecule has 2 aromatic carbocycles. The van der Waals surface area contributed by atoms with Gasteiger partial charge in [-0.25, -0.2) is 0 Å². The zero-order valence-corrected chi connectivity index (χ0v) is 18.0. The molecule has 2 aliphatic rings. The van der Waals surface area contributed by atoms with Crippen LogP contribution in [0.15, 0.2) is 54.1 Å². The molecule has 4 rings (SSSR count).